The van der Waals surface area contributed by atoms with Crippen LogP contribution >= 0.6 is 23.4 Å². The Labute approximate surface area is 155 Å². The number of carbonyl (C=O) groups excluding carboxylic acids is 2. The molecule has 0 N–H and O–H groups in total. The molecule has 1 amide bonds. The first-order valence-electron chi connectivity index (χ1n) is 7.80. The Bertz CT molecular complexity index is 786. The monoisotopic (exact) mass is 376 g/mol. The maximum absolute atomic E-state index is 12.6. The number of hydrogen-bond donors (Lipinski definition) is 0. The van der Waals surface area contributed by atoms with E-state index in [9.17, 15) is 9.59 Å². The molecule has 0 spiro atoms. The van der Waals surface area contributed by atoms with Crippen molar-refractivity contribution < 1.29 is 14.3 Å². The molecule has 0 bridgehead atoms. The summed E-state index contributed by atoms with van der Waals surface area (Å²) in [6.07, 6.45) is 1.91. The molecule has 1 saturated heterocycles. The van der Waals surface area contributed by atoms with Gasteiger partial charge in [-0.05, 0) is 24.6 Å². The predicted molar refractivity (Wildman–Crippen MR) is 99.4 cm³/mol. The van der Waals surface area contributed by atoms with E-state index in [2.05, 4.69) is 11.6 Å². The zero-order valence-electron chi connectivity index (χ0n) is 13.7. The largest absolute Gasteiger partial charge is 0.458 e. The summed E-state index contributed by atoms with van der Waals surface area (Å²) < 4.78 is 5.24. The zero-order chi connectivity index (χ0) is 18.0. The highest BCUT2D eigenvalue weighted by Crippen LogP contribution is 2.40. The van der Waals surface area contributed by atoms with E-state index in [1.807, 2.05) is 12.1 Å². The minimum Gasteiger partial charge on any atom is -0.458 e. The number of thioether (sulfide) groups is 1. The van der Waals surface area contributed by atoms with Crippen LogP contribution in [0.5, 0.6) is 0 Å². The third-order valence-corrected chi connectivity index (χ3v) is 5.15. The summed E-state index contributed by atoms with van der Waals surface area (Å²) in [6.45, 7) is 5.42. The van der Waals surface area contributed by atoms with Gasteiger partial charge in [-0.15, -0.1) is 0 Å². The number of halogens is 1. The lowest BCUT2D eigenvalue weighted by Gasteiger charge is -2.38. The lowest BCUT2D eigenvalue weighted by Crippen LogP contribution is -2.45. The molecule has 3 rings (SSSR count). The Morgan fingerprint density at radius 2 is 2.20 bits per heavy atom. The number of amides is 1. The molecule has 0 saturated carbocycles. The van der Waals surface area contributed by atoms with Crippen molar-refractivity contribution >= 4 is 40.4 Å². The van der Waals surface area contributed by atoms with E-state index >= 15 is 0 Å². The van der Waals surface area contributed by atoms with Gasteiger partial charge in [0.25, 0.3) is 0 Å². The molecule has 0 radical (unpaired) electrons. The van der Waals surface area contributed by atoms with Gasteiger partial charge in [0.2, 0.25) is 5.91 Å². The number of rotatable bonds is 4. The van der Waals surface area contributed by atoms with Crippen LogP contribution in [0.4, 0.5) is 0 Å². The summed E-state index contributed by atoms with van der Waals surface area (Å²) in [5, 5.41) is 1.21. The number of ether oxygens (including phenoxy) is 1. The number of esters is 1. The second kappa shape index (κ2) is 7.45. The molecular formula is C18H17ClN2O3S. The van der Waals surface area contributed by atoms with E-state index in [0.717, 1.165) is 5.56 Å². The third kappa shape index (κ3) is 3.50. The first-order valence-corrected chi connectivity index (χ1v) is 9.17. The van der Waals surface area contributed by atoms with Crippen molar-refractivity contribution in [3.05, 3.63) is 58.8 Å². The Morgan fingerprint density at radius 1 is 1.48 bits per heavy atom. The van der Waals surface area contributed by atoms with E-state index in [-0.39, 0.29) is 12.5 Å². The average molecular weight is 377 g/mol. The molecule has 0 unspecified atom stereocenters. The number of amidine groups is 1. The van der Waals surface area contributed by atoms with Crippen LogP contribution in [0.15, 0.2) is 53.2 Å². The van der Waals surface area contributed by atoms with Crippen LogP contribution in [0.3, 0.4) is 0 Å². The van der Waals surface area contributed by atoms with Gasteiger partial charge >= 0.3 is 5.97 Å². The number of aliphatic imine (C=N–C) groups is 1. The van der Waals surface area contributed by atoms with Crippen molar-refractivity contribution in [3.63, 3.8) is 0 Å². The molecule has 2 heterocycles. The third-order valence-electron chi connectivity index (χ3n) is 3.94. The summed E-state index contributed by atoms with van der Waals surface area (Å²) in [5.41, 5.74) is 1.71. The summed E-state index contributed by atoms with van der Waals surface area (Å²) >= 11 is 7.50. The smallest absolute Gasteiger partial charge is 0.338 e. The minimum atomic E-state index is -0.567. The van der Waals surface area contributed by atoms with Gasteiger partial charge in [0.05, 0.1) is 17.3 Å². The van der Waals surface area contributed by atoms with Gasteiger partial charge in [-0.1, -0.05) is 48.2 Å². The SMILES string of the molecule is C=CCOC(=O)C1=C(C)N=C2SCCC(=O)N2[C@H]1c1ccc(Cl)cc1. The molecule has 0 aromatic heterocycles. The van der Waals surface area contributed by atoms with Gasteiger partial charge in [0, 0.05) is 17.2 Å². The van der Waals surface area contributed by atoms with Crippen LogP contribution in [0.25, 0.3) is 0 Å². The molecule has 5 nitrogen and oxygen atoms in total. The van der Waals surface area contributed by atoms with E-state index < -0.39 is 12.0 Å². The van der Waals surface area contributed by atoms with E-state index in [1.165, 1.54) is 17.8 Å². The number of benzene rings is 1. The average Bonchev–Trinajstić information content (AvgIpc) is 2.59. The molecule has 2 aliphatic rings. The molecular weight excluding hydrogens is 360 g/mol. The van der Waals surface area contributed by atoms with Crippen molar-refractivity contribution in [2.75, 3.05) is 12.4 Å². The van der Waals surface area contributed by atoms with Gasteiger partial charge in [0.15, 0.2) is 5.17 Å². The number of nitrogens with zero attached hydrogens (tertiary/aromatic N) is 2. The van der Waals surface area contributed by atoms with Crippen molar-refractivity contribution in [3.8, 4) is 0 Å². The van der Waals surface area contributed by atoms with Crippen LogP contribution in [0.2, 0.25) is 5.02 Å². The standard InChI is InChI=1S/C18H17ClN2O3S/c1-3-9-24-17(23)15-11(2)20-18-21(14(22)8-10-25-18)16(15)12-4-6-13(19)7-5-12/h3-7,16H,1,8-10H2,2H3/t16-/m0/s1. The van der Waals surface area contributed by atoms with Crippen molar-refractivity contribution in [2.24, 2.45) is 4.99 Å². The zero-order valence-corrected chi connectivity index (χ0v) is 15.3. The van der Waals surface area contributed by atoms with Crippen LogP contribution in [0, 0.1) is 0 Å². The fraction of sp³-hybridized carbons (Fsp3) is 0.278. The van der Waals surface area contributed by atoms with Gasteiger partial charge in [-0.3, -0.25) is 9.69 Å². The van der Waals surface area contributed by atoms with Crippen molar-refractivity contribution in [1.82, 2.24) is 4.90 Å². The molecule has 7 heteroatoms. The quantitative estimate of drug-likeness (QED) is 0.593. The fourth-order valence-electron chi connectivity index (χ4n) is 2.83. The summed E-state index contributed by atoms with van der Waals surface area (Å²) in [6, 6.07) is 6.55. The number of fused-ring (bicyclic) bond motifs is 1. The summed E-state index contributed by atoms with van der Waals surface area (Å²) in [5.74, 6) is 0.132. The lowest BCUT2D eigenvalue weighted by atomic mass is 9.94. The van der Waals surface area contributed by atoms with Gasteiger partial charge in [-0.2, -0.15) is 0 Å². The Hall–Kier alpha value is -2.05. The summed E-state index contributed by atoms with van der Waals surface area (Å²) in [7, 11) is 0. The van der Waals surface area contributed by atoms with Gasteiger partial charge in [-0.25, -0.2) is 9.79 Å². The second-order valence-electron chi connectivity index (χ2n) is 5.60. The Kier molecular flexibility index (Phi) is 5.30. The maximum atomic E-state index is 12.6. The van der Waals surface area contributed by atoms with E-state index in [1.54, 1.807) is 24.0 Å². The number of hydrogen-bond acceptors (Lipinski definition) is 5. The lowest BCUT2D eigenvalue weighted by molar-refractivity contribution is -0.139. The molecule has 1 aromatic rings. The highest BCUT2D eigenvalue weighted by atomic mass is 35.5. The van der Waals surface area contributed by atoms with Gasteiger partial charge < -0.3 is 4.74 Å². The van der Waals surface area contributed by atoms with Crippen LogP contribution in [-0.4, -0.2) is 34.3 Å². The molecule has 130 valence electrons. The minimum absolute atomic E-state index is 0.0565. The fourth-order valence-corrected chi connectivity index (χ4v) is 3.96. The van der Waals surface area contributed by atoms with E-state index in [4.69, 9.17) is 16.3 Å². The summed E-state index contributed by atoms with van der Waals surface area (Å²) in [4.78, 5) is 31.3. The maximum Gasteiger partial charge on any atom is 0.338 e. The van der Waals surface area contributed by atoms with Crippen LogP contribution in [-0.2, 0) is 14.3 Å². The van der Waals surface area contributed by atoms with Crippen molar-refractivity contribution in [1.29, 1.82) is 0 Å². The molecule has 25 heavy (non-hydrogen) atoms. The highest BCUT2D eigenvalue weighted by molar-refractivity contribution is 8.14. The second-order valence-corrected chi connectivity index (χ2v) is 7.10. The first-order chi connectivity index (χ1) is 12.0. The van der Waals surface area contributed by atoms with Crippen LogP contribution in [0.1, 0.15) is 24.9 Å². The Balaban J connectivity index is 2.11. The molecule has 0 aliphatic carbocycles. The topological polar surface area (TPSA) is 59.0 Å². The molecule has 1 aromatic carbocycles. The molecule has 1 atom stereocenters. The highest BCUT2D eigenvalue weighted by Gasteiger charge is 2.41. The molecule has 2 aliphatic heterocycles. The Morgan fingerprint density at radius 3 is 2.88 bits per heavy atom. The molecule has 1 fully saturated rings. The number of allylic oxidation sites excluding steroid dienone is 1. The normalized spacial score (nSPS) is 20.1. The predicted octanol–water partition coefficient (Wildman–Crippen LogP) is 3.72. The van der Waals surface area contributed by atoms with E-state index in [0.29, 0.717) is 33.6 Å². The first kappa shape index (κ1) is 17.8. The van der Waals surface area contributed by atoms with Crippen LogP contribution < -0.4 is 0 Å². The number of carbonyl (C=O) groups is 2. The van der Waals surface area contributed by atoms with Crippen molar-refractivity contribution in [2.45, 2.75) is 19.4 Å². The van der Waals surface area contributed by atoms with Gasteiger partial charge in [0.1, 0.15) is 6.61 Å².